The number of rotatable bonds is 4. The zero-order valence-corrected chi connectivity index (χ0v) is 10.4. The summed E-state index contributed by atoms with van der Waals surface area (Å²) in [5.41, 5.74) is 2.48. The van der Waals surface area contributed by atoms with Gasteiger partial charge in [-0.1, -0.05) is 6.07 Å². The third-order valence-corrected chi connectivity index (χ3v) is 2.62. The molecule has 0 fully saturated rings. The molecule has 0 aliphatic carbocycles. The topological polar surface area (TPSA) is 68.0 Å². The SMILES string of the molecule is CC(C)n1cc(-c2ccc(CC(=O)O)nc2)cn1. The fourth-order valence-electron chi connectivity index (χ4n) is 1.62. The van der Waals surface area contributed by atoms with Crippen molar-refractivity contribution in [2.24, 2.45) is 0 Å². The lowest BCUT2D eigenvalue weighted by atomic mass is 10.1. The summed E-state index contributed by atoms with van der Waals surface area (Å²) in [6.45, 7) is 4.12. The summed E-state index contributed by atoms with van der Waals surface area (Å²) in [7, 11) is 0. The highest BCUT2D eigenvalue weighted by Crippen LogP contribution is 2.19. The van der Waals surface area contributed by atoms with Crippen LogP contribution in [0.15, 0.2) is 30.7 Å². The van der Waals surface area contributed by atoms with Gasteiger partial charge in [0.1, 0.15) is 0 Å². The molecule has 5 nitrogen and oxygen atoms in total. The van der Waals surface area contributed by atoms with Gasteiger partial charge in [-0.05, 0) is 19.9 Å². The van der Waals surface area contributed by atoms with Crippen LogP contribution >= 0.6 is 0 Å². The molecule has 0 saturated heterocycles. The van der Waals surface area contributed by atoms with E-state index in [9.17, 15) is 4.79 Å². The van der Waals surface area contributed by atoms with Gasteiger partial charge in [0.05, 0.1) is 18.3 Å². The first-order valence-electron chi connectivity index (χ1n) is 5.77. The van der Waals surface area contributed by atoms with Crippen LogP contribution in [0.2, 0.25) is 0 Å². The van der Waals surface area contributed by atoms with Crippen molar-refractivity contribution in [2.75, 3.05) is 0 Å². The average molecular weight is 245 g/mol. The van der Waals surface area contributed by atoms with Gasteiger partial charge in [0, 0.05) is 29.6 Å². The van der Waals surface area contributed by atoms with Crippen molar-refractivity contribution in [3.05, 3.63) is 36.4 Å². The van der Waals surface area contributed by atoms with Gasteiger partial charge in [0.15, 0.2) is 0 Å². The summed E-state index contributed by atoms with van der Waals surface area (Å²) >= 11 is 0. The van der Waals surface area contributed by atoms with Gasteiger partial charge >= 0.3 is 5.97 Å². The van der Waals surface area contributed by atoms with Crippen molar-refractivity contribution in [3.63, 3.8) is 0 Å². The Bertz CT molecular complexity index is 544. The van der Waals surface area contributed by atoms with Crippen molar-refractivity contribution in [3.8, 4) is 11.1 Å². The molecule has 2 aromatic rings. The first-order valence-corrected chi connectivity index (χ1v) is 5.77. The zero-order chi connectivity index (χ0) is 13.1. The molecule has 0 spiro atoms. The second-order valence-corrected chi connectivity index (χ2v) is 4.41. The number of aromatic nitrogens is 3. The summed E-state index contributed by atoms with van der Waals surface area (Å²) in [5.74, 6) is -0.872. The van der Waals surface area contributed by atoms with Gasteiger partial charge < -0.3 is 5.11 Å². The maximum Gasteiger partial charge on any atom is 0.309 e. The van der Waals surface area contributed by atoms with Gasteiger partial charge in [0.25, 0.3) is 0 Å². The first kappa shape index (κ1) is 12.3. The molecule has 0 aromatic carbocycles. The van der Waals surface area contributed by atoms with E-state index in [2.05, 4.69) is 23.9 Å². The van der Waals surface area contributed by atoms with Crippen molar-refractivity contribution in [1.82, 2.24) is 14.8 Å². The Hall–Kier alpha value is -2.17. The number of hydrogen-bond acceptors (Lipinski definition) is 3. The molecule has 18 heavy (non-hydrogen) atoms. The molecule has 0 amide bonds. The quantitative estimate of drug-likeness (QED) is 0.896. The third-order valence-electron chi connectivity index (χ3n) is 2.62. The molecule has 0 aliphatic heterocycles. The highest BCUT2D eigenvalue weighted by atomic mass is 16.4. The maximum absolute atomic E-state index is 10.5. The molecular weight excluding hydrogens is 230 g/mol. The van der Waals surface area contributed by atoms with E-state index in [0.717, 1.165) is 11.1 Å². The molecular formula is C13H15N3O2. The maximum atomic E-state index is 10.5. The van der Waals surface area contributed by atoms with Crippen LogP contribution < -0.4 is 0 Å². The highest BCUT2D eigenvalue weighted by Gasteiger charge is 2.06. The Morgan fingerprint density at radius 3 is 2.61 bits per heavy atom. The van der Waals surface area contributed by atoms with Crippen molar-refractivity contribution in [2.45, 2.75) is 26.3 Å². The Morgan fingerprint density at radius 1 is 1.33 bits per heavy atom. The fraction of sp³-hybridized carbons (Fsp3) is 0.308. The molecule has 2 aromatic heterocycles. The van der Waals surface area contributed by atoms with Crippen LogP contribution in [0.4, 0.5) is 0 Å². The smallest absolute Gasteiger partial charge is 0.309 e. The zero-order valence-electron chi connectivity index (χ0n) is 10.4. The fourth-order valence-corrected chi connectivity index (χ4v) is 1.62. The van der Waals surface area contributed by atoms with Gasteiger partial charge in [-0.3, -0.25) is 14.5 Å². The second kappa shape index (κ2) is 5.00. The molecule has 0 saturated carbocycles. The van der Waals surface area contributed by atoms with Gasteiger partial charge in [0.2, 0.25) is 0 Å². The van der Waals surface area contributed by atoms with Gasteiger partial charge in [-0.25, -0.2) is 0 Å². The minimum atomic E-state index is -0.872. The second-order valence-electron chi connectivity index (χ2n) is 4.41. The molecule has 0 atom stereocenters. The third kappa shape index (κ3) is 2.74. The van der Waals surface area contributed by atoms with Crippen LogP contribution in [0.25, 0.3) is 11.1 Å². The molecule has 0 aliphatic rings. The molecule has 94 valence electrons. The van der Waals surface area contributed by atoms with Crippen LogP contribution in [0.3, 0.4) is 0 Å². The monoisotopic (exact) mass is 245 g/mol. The summed E-state index contributed by atoms with van der Waals surface area (Å²) in [5, 5.41) is 12.9. The lowest BCUT2D eigenvalue weighted by Gasteiger charge is -2.03. The molecule has 1 N–H and O–H groups in total. The van der Waals surface area contributed by atoms with Gasteiger partial charge in [-0.15, -0.1) is 0 Å². The number of carboxylic acid groups (broad SMARTS) is 1. The minimum Gasteiger partial charge on any atom is -0.481 e. The predicted molar refractivity (Wildman–Crippen MR) is 67.2 cm³/mol. The number of carboxylic acids is 1. The molecule has 0 bridgehead atoms. The van der Waals surface area contributed by atoms with Crippen molar-refractivity contribution < 1.29 is 9.90 Å². The lowest BCUT2D eigenvalue weighted by Crippen LogP contribution is -2.01. The molecule has 2 heterocycles. The van der Waals surface area contributed by atoms with Crippen LogP contribution in [0, 0.1) is 0 Å². The van der Waals surface area contributed by atoms with E-state index in [-0.39, 0.29) is 6.42 Å². The molecule has 0 unspecified atom stereocenters. The standard InChI is InChI=1S/C13H15N3O2/c1-9(2)16-8-11(7-15-16)10-3-4-12(14-6-10)5-13(17)18/h3-4,6-9H,5H2,1-2H3,(H,17,18). The van der Waals surface area contributed by atoms with Crippen molar-refractivity contribution in [1.29, 1.82) is 0 Å². The molecule has 0 radical (unpaired) electrons. The van der Waals surface area contributed by atoms with E-state index in [1.54, 1.807) is 18.5 Å². The van der Waals surface area contributed by atoms with E-state index in [0.29, 0.717) is 11.7 Å². The minimum absolute atomic E-state index is 0.0501. The van der Waals surface area contributed by atoms with E-state index >= 15 is 0 Å². The van der Waals surface area contributed by atoms with Crippen LogP contribution in [-0.4, -0.2) is 25.8 Å². The number of pyridine rings is 1. The van der Waals surface area contributed by atoms with Crippen molar-refractivity contribution >= 4 is 5.97 Å². The predicted octanol–water partition coefficient (Wildman–Crippen LogP) is 2.15. The number of nitrogens with zero attached hydrogens (tertiary/aromatic N) is 3. The largest absolute Gasteiger partial charge is 0.481 e. The number of carbonyl (C=O) groups is 1. The summed E-state index contributed by atoms with van der Waals surface area (Å²) < 4.78 is 1.88. The average Bonchev–Trinajstić information content (AvgIpc) is 2.78. The van der Waals surface area contributed by atoms with E-state index < -0.39 is 5.97 Å². The summed E-state index contributed by atoms with van der Waals surface area (Å²) in [6.07, 6.45) is 5.37. The van der Waals surface area contributed by atoms with E-state index in [4.69, 9.17) is 5.11 Å². The Morgan fingerprint density at radius 2 is 2.11 bits per heavy atom. The lowest BCUT2D eigenvalue weighted by molar-refractivity contribution is -0.136. The van der Waals surface area contributed by atoms with Gasteiger partial charge in [-0.2, -0.15) is 5.10 Å². The summed E-state index contributed by atoms with van der Waals surface area (Å²) in [6, 6.07) is 3.92. The van der Waals surface area contributed by atoms with Crippen LogP contribution in [0.5, 0.6) is 0 Å². The van der Waals surface area contributed by atoms with Crippen LogP contribution in [-0.2, 0) is 11.2 Å². The summed E-state index contributed by atoms with van der Waals surface area (Å²) in [4.78, 5) is 14.7. The first-order chi connectivity index (χ1) is 8.56. The number of hydrogen-bond donors (Lipinski definition) is 1. The highest BCUT2D eigenvalue weighted by molar-refractivity contribution is 5.70. The molecule has 2 rings (SSSR count). The Labute approximate surface area is 105 Å². The van der Waals surface area contributed by atoms with E-state index in [1.807, 2.05) is 16.9 Å². The normalized spacial score (nSPS) is 10.8. The van der Waals surface area contributed by atoms with E-state index in [1.165, 1.54) is 0 Å². The molecule has 5 heteroatoms. The Kier molecular flexibility index (Phi) is 3.41. The van der Waals surface area contributed by atoms with Crippen LogP contribution in [0.1, 0.15) is 25.6 Å². The Balaban J connectivity index is 2.20. The number of aliphatic carboxylic acids is 1.